The summed E-state index contributed by atoms with van der Waals surface area (Å²) < 4.78 is 0. The molecule has 0 N–H and O–H groups in total. The normalized spacial score (nSPS) is 23.6. The zero-order valence-electron chi connectivity index (χ0n) is 33.8. The van der Waals surface area contributed by atoms with E-state index in [0.29, 0.717) is 0 Å². The SMILES string of the molecule is C1CCC([PH+](C2CCCCC2)C2CCCCC2)CC1.C1CCC([PH+](C2CCCCC2)C2CCCCC2)CC1.[Ni].c1ccc2cc3ccccc3cc2c1. The smallest absolute Gasteiger partial charge is 0.0616 e. The van der Waals surface area contributed by atoms with Crippen molar-refractivity contribution in [1.82, 2.24) is 0 Å². The minimum atomic E-state index is -0.0465. The van der Waals surface area contributed by atoms with Crippen molar-refractivity contribution in [3.8, 4) is 0 Å². The molecule has 0 aromatic heterocycles. The standard InChI is InChI=1S/2C18H33P.C14H10.Ni/c2*1-4-10-16(11-5-1)19(17-12-6-2-7-13-17)18-14-8-3-9-15-18;1-2-6-12-10-14-8-4-3-7-13(14)9-11(12)5-1;/h2*16-18H,1-15H2;1-10H;/p+2. The first kappa shape index (κ1) is 42.1. The Morgan fingerprint density at radius 3 is 0.604 bits per heavy atom. The van der Waals surface area contributed by atoms with Crippen molar-refractivity contribution in [2.45, 2.75) is 227 Å². The van der Waals surface area contributed by atoms with Crippen LogP contribution >= 0.6 is 15.8 Å². The fourth-order valence-electron chi connectivity index (χ4n) is 12.5. The molecule has 0 bridgehead atoms. The van der Waals surface area contributed by atoms with Crippen molar-refractivity contribution in [2.75, 3.05) is 0 Å². The average molecular weight is 800 g/mol. The molecule has 0 atom stereocenters. The predicted molar refractivity (Wildman–Crippen MR) is 239 cm³/mol. The van der Waals surface area contributed by atoms with E-state index in [4.69, 9.17) is 0 Å². The molecule has 0 saturated heterocycles. The second-order valence-electron chi connectivity index (χ2n) is 18.6. The molecule has 3 aromatic rings. The molecule has 0 spiro atoms. The summed E-state index contributed by atoms with van der Waals surface area (Å²) in [5.41, 5.74) is 7.36. The summed E-state index contributed by atoms with van der Waals surface area (Å²) in [4.78, 5) is 0. The Hall–Kier alpha value is -0.466. The van der Waals surface area contributed by atoms with Crippen LogP contribution in [0, 0.1) is 0 Å². The van der Waals surface area contributed by atoms with Crippen LogP contribution in [-0.4, -0.2) is 34.0 Å². The monoisotopic (exact) mass is 798 g/mol. The van der Waals surface area contributed by atoms with Crippen LogP contribution in [0.15, 0.2) is 60.7 Å². The second kappa shape index (κ2) is 23.1. The molecule has 3 aromatic carbocycles. The van der Waals surface area contributed by atoms with Gasteiger partial charge in [0.2, 0.25) is 0 Å². The van der Waals surface area contributed by atoms with E-state index in [-0.39, 0.29) is 32.3 Å². The Labute approximate surface area is 339 Å². The minimum Gasteiger partial charge on any atom is -0.0616 e. The van der Waals surface area contributed by atoms with Gasteiger partial charge in [0.15, 0.2) is 0 Å². The minimum absolute atomic E-state index is 0. The van der Waals surface area contributed by atoms with Crippen molar-refractivity contribution in [3.63, 3.8) is 0 Å². The van der Waals surface area contributed by atoms with Gasteiger partial charge in [-0.05, 0) is 188 Å². The van der Waals surface area contributed by atoms with Crippen LogP contribution in [-0.2, 0) is 16.5 Å². The van der Waals surface area contributed by atoms with Crippen LogP contribution < -0.4 is 0 Å². The van der Waals surface area contributed by atoms with Crippen LogP contribution in [0.5, 0.6) is 0 Å². The molecule has 53 heavy (non-hydrogen) atoms. The van der Waals surface area contributed by atoms with Gasteiger partial charge in [-0.3, -0.25) is 0 Å². The molecular formula is C50H78NiP2+2. The molecule has 6 aliphatic rings. The average Bonchev–Trinajstić information content (AvgIpc) is 3.23. The van der Waals surface area contributed by atoms with Crippen molar-refractivity contribution < 1.29 is 16.5 Å². The van der Waals surface area contributed by atoms with Crippen LogP contribution in [0.25, 0.3) is 21.5 Å². The van der Waals surface area contributed by atoms with Gasteiger partial charge in [-0.1, -0.05) is 87.1 Å². The Kier molecular flexibility index (Phi) is 18.3. The third-order valence-corrected chi connectivity index (χ3v) is 24.2. The first-order valence-corrected chi connectivity index (χ1v) is 26.9. The summed E-state index contributed by atoms with van der Waals surface area (Å²) in [6.07, 6.45) is 47.6. The van der Waals surface area contributed by atoms with E-state index in [1.807, 2.05) is 0 Å². The van der Waals surface area contributed by atoms with Crippen LogP contribution in [0.4, 0.5) is 0 Å². The van der Waals surface area contributed by atoms with Gasteiger partial charge >= 0.3 is 0 Å². The van der Waals surface area contributed by atoms with Crippen LogP contribution in [0.1, 0.15) is 193 Å². The van der Waals surface area contributed by atoms with Gasteiger partial charge in [-0.15, -0.1) is 0 Å². The number of rotatable bonds is 6. The summed E-state index contributed by atoms with van der Waals surface area (Å²) in [5.74, 6) is 0. The first-order valence-electron chi connectivity index (χ1n) is 23.4. The predicted octanol–water partition coefficient (Wildman–Crippen LogP) is 16.4. The van der Waals surface area contributed by atoms with Gasteiger partial charge < -0.3 is 0 Å². The third kappa shape index (κ3) is 12.3. The van der Waals surface area contributed by atoms with Gasteiger partial charge in [0.05, 0.1) is 34.0 Å². The molecule has 0 nitrogen and oxygen atoms in total. The van der Waals surface area contributed by atoms with E-state index in [1.54, 1.807) is 193 Å². The first-order chi connectivity index (χ1) is 25.8. The van der Waals surface area contributed by atoms with Gasteiger partial charge in [-0.25, -0.2) is 0 Å². The van der Waals surface area contributed by atoms with E-state index in [1.165, 1.54) is 55.5 Å². The van der Waals surface area contributed by atoms with E-state index in [2.05, 4.69) is 60.7 Å². The van der Waals surface area contributed by atoms with Gasteiger partial charge in [-0.2, -0.15) is 0 Å². The molecule has 3 heteroatoms. The maximum absolute atomic E-state index is 2.24. The molecule has 9 rings (SSSR count). The zero-order chi connectivity index (χ0) is 35.2. The fraction of sp³-hybridized carbons (Fsp3) is 0.720. The number of fused-ring (bicyclic) bond motifs is 2. The number of hydrogen-bond acceptors (Lipinski definition) is 0. The summed E-state index contributed by atoms with van der Waals surface area (Å²) in [6.45, 7) is 0. The summed E-state index contributed by atoms with van der Waals surface area (Å²) in [6, 6.07) is 21.4. The van der Waals surface area contributed by atoms with E-state index in [0.717, 1.165) is 0 Å². The van der Waals surface area contributed by atoms with E-state index in [9.17, 15) is 0 Å². The molecule has 6 aliphatic carbocycles. The van der Waals surface area contributed by atoms with Crippen LogP contribution in [0.2, 0.25) is 0 Å². The quantitative estimate of drug-likeness (QED) is 0.132. The van der Waals surface area contributed by atoms with Gasteiger partial charge in [0, 0.05) is 32.3 Å². The Morgan fingerprint density at radius 2 is 0.434 bits per heavy atom. The summed E-state index contributed by atoms with van der Waals surface area (Å²) >= 11 is 0. The Morgan fingerprint density at radius 1 is 0.264 bits per heavy atom. The summed E-state index contributed by atoms with van der Waals surface area (Å²) in [5, 5.41) is 5.25. The van der Waals surface area contributed by atoms with Crippen molar-refractivity contribution in [2.24, 2.45) is 0 Å². The van der Waals surface area contributed by atoms with Crippen LogP contribution in [0.3, 0.4) is 0 Å². The molecule has 0 amide bonds. The molecule has 296 valence electrons. The molecule has 0 radical (unpaired) electrons. The topological polar surface area (TPSA) is 0 Å². The fourth-order valence-corrected chi connectivity index (χ4v) is 22.9. The third-order valence-electron chi connectivity index (χ3n) is 15.1. The van der Waals surface area contributed by atoms with Gasteiger partial charge in [0.1, 0.15) is 0 Å². The number of hydrogen-bond donors (Lipinski definition) is 0. The zero-order valence-corrected chi connectivity index (χ0v) is 36.8. The maximum atomic E-state index is 2.24. The van der Waals surface area contributed by atoms with Crippen molar-refractivity contribution in [1.29, 1.82) is 0 Å². The number of benzene rings is 3. The van der Waals surface area contributed by atoms with Crippen molar-refractivity contribution in [3.05, 3.63) is 60.7 Å². The second-order valence-corrected chi connectivity index (χ2v) is 25.5. The van der Waals surface area contributed by atoms with Gasteiger partial charge in [0.25, 0.3) is 0 Å². The van der Waals surface area contributed by atoms with E-state index >= 15 is 0 Å². The molecular weight excluding hydrogens is 721 g/mol. The van der Waals surface area contributed by atoms with Crippen molar-refractivity contribution >= 4 is 37.4 Å². The van der Waals surface area contributed by atoms with E-state index < -0.39 is 0 Å². The summed E-state index contributed by atoms with van der Waals surface area (Å²) in [7, 11) is -0.0930. The Balaban J connectivity index is 0.000000136. The molecule has 0 aliphatic heterocycles. The largest absolute Gasteiger partial charge is 0.0680 e. The molecule has 0 heterocycles. The molecule has 6 fully saturated rings. The maximum Gasteiger partial charge on any atom is 0.0680 e. The Bertz CT molecular complexity index is 1170. The molecule has 0 unspecified atom stereocenters. The molecule has 6 saturated carbocycles.